The van der Waals surface area contributed by atoms with Crippen LogP contribution in [0.25, 0.3) is 0 Å². The van der Waals surface area contributed by atoms with Crippen LogP contribution in [0.15, 0.2) is 29.8 Å². The highest BCUT2D eigenvalue weighted by Crippen LogP contribution is 2.67. The van der Waals surface area contributed by atoms with Crippen molar-refractivity contribution in [2.24, 2.45) is 46.3 Å². The van der Waals surface area contributed by atoms with Crippen LogP contribution >= 0.6 is 0 Å². The first kappa shape index (κ1) is 44.7. The maximum atomic E-state index is 13.4. The van der Waals surface area contributed by atoms with Crippen LogP contribution in [0.3, 0.4) is 0 Å². The van der Waals surface area contributed by atoms with Gasteiger partial charge in [-0.25, -0.2) is 4.79 Å². The largest absolute Gasteiger partial charge is 0.487 e. The predicted molar refractivity (Wildman–Crippen MR) is 231 cm³/mol. The first-order valence-corrected chi connectivity index (χ1v) is 23.8. The molecule has 316 valence electrons. The molecule has 0 aliphatic heterocycles. The van der Waals surface area contributed by atoms with Crippen LogP contribution in [-0.2, 0) is 4.74 Å². The molecule has 0 saturated heterocycles. The molecule has 1 aromatic carbocycles. The highest BCUT2D eigenvalue weighted by Gasteiger charge is 2.59. The van der Waals surface area contributed by atoms with Gasteiger partial charge in [-0.05, 0) is 110 Å². The number of fused-ring (bicyclic) bond motifs is 5. The zero-order chi connectivity index (χ0) is 40.1. The number of hydrogen-bond donors (Lipinski definition) is 0. The molecule has 0 spiro atoms. The summed E-state index contributed by atoms with van der Waals surface area (Å²) in [6, 6.07) is 4.56. The maximum Gasteiger partial charge on any atom is 0.338 e. The van der Waals surface area contributed by atoms with Gasteiger partial charge >= 0.3 is 11.7 Å². The van der Waals surface area contributed by atoms with Crippen molar-refractivity contribution in [2.75, 3.05) is 6.61 Å². The summed E-state index contributed by atoms with van der Waals surface area (Å²) in [6.45, 7) is 15.1. The molecule has 0 bridgehead atoms. The van der Waals surface area contributed by atoms with Crippen molar-refractivity contribution in [1.29, 1.82) is 0 Å². The van der Waals surface area contributed by atoms with Crippen molar-refractivity contribution < 1.29 is 19.2 Å². The monoisotopic (exact) mass is 776 g/mol. The summed E-state index contributed by atoms with van der Waals surface area (Å²) in [4.78, 5) is 25.0. The number of carbonyl (C=O) groups excluding carboxylic acids is 1. The molecule has 4 aliphatic carbocycles. The number of unbranched alkanes of at least 4 members (excludes halogenated alkanes) is 13. The fourth-order valence-corrected chi connectivity index (χ4v) is 12.4. The van der Waals surface area contributed by atoms with Gasteiger partial charge in [-0.3, -0.25) is 10.1 Å². The maximum absolute atomic E-state index is 13.4. The molecule has 4 aliphatic rings. The Morgan fingerprint density at radius 2 is 1.48 bits per heavy atom. The minimum Gasteiger partial charge on any atom is -0.487 e. The summed E-state index contributed by atoms with van der Waals surface area (Å²) in [6.07, 6.45) is 33.7. The Bertz CT molecular complexity index is 1420. The number of hydrogen-bond acceptors (Lipinski definition) is 5. The van der Waals surface area contributed by atoms with Gasteiger partial charge in [-0.1, -0.05) is 156 Å². The number of nitro groups is 1. The second kappa shape index (κ2) is 21.6. The Hall–Kier alpha value is -2.37. The number of esters is 1. The minimum atomic E-state index is -0.470. The van der Waals surface area contributed by atoms with Gasteiger partial charge in [0.05, 0.1) is 17.1 Å². The van der Waals surface area contributed by atoms with Crippen LogP contribution in [0.2, 0.25) is 0 Å². The Labute approximate surface area is 342 Å². The number of allylic oxidation sites excluding steroid dienone is 1. The van der Waals surface area contributed by atoms with Gasteiger partial charge in [-0.2, -0.15) is 0 Å². The first-order chi connectivity index (χ1) is 27.0. The van der Waals surface area contributed by atoms with E-state index in [0.29, 0.717) is 17.9 Å². The Morgan fingerprint density at radius 1 is 0.821 bits per heavy atom. The van der Waals surface area contributed by atoms with Crippen molar-refractivity contribution in [3.8, 4) is 5.75 Å². The van der Waals surface area contributed by atoms with Gasteiger partial charge in [0.15, 0.2) is 5.75 Å². The van der Waals surface area contributed by atoms with Gasteiger partial charge < -0.3 is 9.47 Å². The predicted octanol–water partition coefficient (Wildman–Crippen LogP) is 15.0. The number of ether oxygens (including phenoxy) is 2. The van der Waals surface area contributed by atoms with Gasteiger partial charge in [0.25, 0.3) is 0 Å². The quantitative estimate of drug-likeness (QED) is 0.0343. The van der Waals surface area contributed by atoms with E-state index in [-0.39, 0.29) is 28.5 Å². The van der Waals surface area contributed by atoms with Crippen LogP contribution in [-0.4, -0.2) is 23.6 Å². The lowest BCUT2D eigenvalue weighted by Crippen LogP contribution is -2.51. The molecule has 56 heavy (non-hydrogen) atoms. The fraction of sp³-hybridized carbons (Fsp3) is 0.820. The molecule has 5 rings (SSSR count). The summed E-state index contributed by atoms with van der Waals surface area (Å²) in [5.41, 5.74) is 2.21. The number of nitro benzene ring substituents is 1. The highest BCUT2D eigenvalue weighted by atomic mass is 16.6. The van der Waals surface area contributed by atoms with Crippen LogP contribution < -0.4 is 4.74 Å². The zero-order valence-corrected chi connectivity index (χ0v) is 36.7. The highest BCUT2D eigenvalue weighted by molar-refractivity contribution is 5.90. The Kier molecular flexibility index (Phi) is 17.2. The van der Waals surface area contributed by atoms with E-state index in [1.807, 2.05) is 0 Å². The molecule has 3 saturated carbocycles. The third-order valence-electron chi connectivity index (χ3n) is 15.7. The normalized spacial score (nSPS) is 28.9. The van der Waals surface area contributed by atoms with Crippen molar-refractivity contribution in [1.82, 2.24) is 0 Å². The van der Waals surface area contributed by atoms with E-state index in [0.717, 1.165) is 68.1 Å². The van der Waals surface area contributed by atoms with Crippen LogP contribution in [0.5, 0.6) is 5.75 Å². The number of nitrogens with zero attached hydrogens (tertiary/aromatic N) is 1. The van der Waals surface area contributed by atoms with Crippen molar-refractivity contribution in [3.63, 3.8) is 0 Å². The van der Waals surface area contributed by atoms with Gasteiger partial charge in [0, 0.05) is 12.5 Å². The molecule has 1 aromatic rings. The second-order valence-electron chi connectivity index (χ2n) is 19.9. The van der Waals surface area contributed by atoms with E-state index in [1.54, 1.807) is 12.1 Å². The molecular weight excluding hydrogens is 695 g/mol. The lowest BCUT2D eigenvalue weighted by atomic mass is 9.47. The van der Waals surface area contributed by atoms with Gasteiger partial charge in [0.2, 0.25) is 0 Å². The van der Waals surface area contributed by atoms with E-state index in [9.17, 15) is 14.9 Å². The molecule has 0 amide bonds. The van der Waals surface area contributed by atoms with E-state index in [4.69, 9.17) is 9.47 Å². The summed E-state index contributed by atoms with van der Waals surface area (Å²) >= 11 is 0. The average Bonchev–Trinajstić information content (AvgIpc) is 3.53. The molecule has 0 heterocycles. The van der Waals surface area contributed by atoms with E-state index >= 15 is 0 Å². The Balaban J connectivity index is 1.05. The van der Waals surface area contributed by atoms with Crippen molar-refractivity contribution in [2.45, 2.75) is 208 Å². The lowest BCUT2D eigenvalue weighted by molar-refractivity contribution is -0.385. The third kappa shape index (κ3) is 11.4. The molecule has 8 atom stereocenters. The molecule has 3 fully saturated rings. The molecular formula is C50H81NO5. The summed E-state index contributed by atoms with van der Waals surface area (Å²) < 4.78 is 12.0. The molecule has 6 heteroatoms. The zero-order valence-electron chi connectivity index (χ0n) is 36.7. The summed E-state index contributed by atoms with van der Waals surface area (Å²) in [5, 5.41) is 12.0. The van der Waals surface area contributed by atoms with Crippen molar-refractivity contribution >= 4 is 11.7 Å². The first-order valence-electron chi connectivity index (χ1n) is 23.8. The second-order valence-corrected chi connectivity index (χ2v) is 19.9. The number of carbonyl (C=O) groups is 1. The molecule has 0 radical (unpaired) electrons. The van der Waals surface area contributed by atoms with Gasteiger partial charge in [-0.15, -0.1) is 0 Å². The van der Waals surface area contributed by atoms with Crippen molar-refractivity contribution in [3.05, 3.63) is 45.5 Å². The average molecular weight is 776 g/mol. The lowest BCUT2D eigenvalue weighted by Gasteiger charge is -2.58. The van der Waals surface area contributed by atoms with Gasteiger partial charge in [0.1, 0.15) is 6.10 Å². The van der Waals surface area contributed by atoms with E-state index in [2.05, 4.69) is 47.6 Å². The topological polar surface area (TPSA) is 78.7 Å². The third-order valence-corrected chi connectivity index (χ3v) is 15.7. The Morgan fingerprint density at radius 3 is 2.12 bits per heavy atom. The van der Waals surface area contributed by atoms with Crippen LogP contribution in [0.1, 0.15) is 212 Å². The molecule has 0 aromatic heterocycles. The minimum absolute atomic E-state index is 0.162. The summed E-state index contributed by atoms with van der Waals surface area (Å²) in [7, 11) is 0. The van der Waals surface area contributed by atoms with Crippen LogP contribution in [0, 0.1) is 56.5 Å². The number of benzene rings is 1. The smallest absolute Gasteiger partial charge is 0.338 e. The molecule has 0 N–H and O–H groups in total. The van der Waals surface area contributed by atoms with E-state index in [1.165, 1.54) is 134 Å². The van der Waals surface area contributed by atoms with Crippen LogP contribution in [0.4, 0.5) is 5.69 Å². The van der Waals surface area contributed by atoms with E-state index < -0.39 is 10.9 Å². The fourth-order valence-electron chi connectivity index (χ4n) is 12.4. The molecule has 0 unspecified atom stereocenters. The molecule has 6 nitrogen and oxygen atoms in total. The number of rotatable bonds is 24. The standard InChI is InChI=1S/C50H81NO5/c1-7-8-9-10-11-12-13-14-15-16-17-18-19-20-34-55-47-29-24-39(35-46(47)51(53)54)48(52)56-41-30-32-49(5)40(36-41)25-26-42-44-28-27-43(38(4)23-21-22-37(2)3)50(44,6)33-31-45(42)49/h24-25,29,35,37-38,41-45H,7-23,26-28,30-34,36H2,1-6H3/t38-,41+,42+,43-,44+,45+,49+,50-/m1/s1. The summed E-state index contributed by atoms with van der Waals surface area (Å²) in [5.74, 6) is 4.55. The SMILES string of the molecule is CCCCCCCCCCCCCCCCOc1ccc(C(=O)O[C@H]2CC[C@@]3(C)C(=CC[C@H]4[C@@H]5CC[C@H]([C@H](C)CCCC(C)C)[C@@]5(C)CC[C@@H]43)C2)cc1[N+](=O)[O-].